The fraction of sp³-hybridized carbons (Fsp3) is 0.471. The molecule has 9 nitrogen and oxygen atoms in total. The van der Waals surface area contributed by atoms with Crippen LogP contribution in [0.2, 0.25) is 0 Å². The van der Waals surface area contributed by atoms with Crippen molar-refractivity contribution in [1.82, 2.24) is 19.7 Å². The average molecular weight is 390 g/mol. The Bertz CT molecular complexity index is 845. The standard InChI is InChI=1S/C17H22N6O3S/c1-11(18)12-5-7-22(8-6-12)16(24)13-3-4-15(14(9-13)23(25)26)27-17-20-19-10-21(17)2/h3-4,9-12H,5-8,18H2,1-2H3. The van der Waals surface area contributed by atoms with Crippen LogP contribution in [0.15, 0.2) is 34.6 Å². The molecule has 1 saturated heterocycles. The molecule has 0 radical (unpaired) electrons. The lowest BCUT2D eigenvalue weighted by Crippen LogP contribution is -2.42. The van der Waals surface area contributed by atoms with Gasteiger partial charge in [-0.1, -0.05) is 0 Å². The normalized spacial score (nSPS) is 16.3. The number of likely N-dealkylation sites (tertiary alicyclic amines) is 1. The first-order chi connectivity index (χ1) is 12.9. The minimum Gasteiger partial charge on any atom is -0.339 e. The predicted octanol–water partition coefficient (Wildman–Crippen LogP) is 2.07. The van der Waals surface area contributed by atoms with Crippen molar-refractivity contribution in [2.24, 2.45) is 18.7 Å². The highest BCUT2D eigenvalue weighted by Gasteiger charge is 2.27. The van der Waals surface area contributed by atoms with E-state index in [-0.39, 0.29) is 17.6 Å². The number of amides is 1. The Balaban J connectivity index is 1.78. The molecule has 2 heterocycles. The van der Waals surface area contributed by atoms with Crippen LogP contribution in [-0.2, 0) is 7.05 Å². The topological polar surface area (TPSA) is 120 Å². The molecular formula is C17H22N6O3S. The fourth-order valence-corrected chi connectivity index (χ4v) is 4.00. The number of hydrogen-bond donors (Lipinski definition) is 1. The number of nitro groups is 1. The van der Waals surface area contributed by atoms with Crippen LogP contribution in [0.4, 0.5) is 5.69 Å². The number of carbonyl (C=O) groups excluding carboxylic acids is 1. The van der Waals surface area contributed by atoms with Gasteiger partial charge in [0.25, 0.3) is 11.6 Å². The van der Waals surface area contributed by atoms with E-state index in [4.69, 9.17) is 5.73 Å². The number of aromatic nitrogens is 3. The fourth-order valence-electron chi connectivity index (χ4n) is 3.15. The summed E-state index contributed by atoms with van der Waals surface area (Å²) in [5, 5.41) is 19.8. The number of piperidine rings is 1. The molecule has 1 atom stereocenters. The molecule has 2 N–H and O–H groups in total. The summed E-state index contributed by atoms with van der Waals surface area (Å²) in [5.74, 6) is 0.227. The van der Waals surface area contributed by atoms with Crippen LogP contribution < -0.4 is 5.73 Å². The van der Waals surface area contributed by atoms with E-state index in [1.807, 2.05) is 6.92 Å². The maximum atomic E-state index is 12.8. The Morgan fingerprint density at radius 3 is 2.67 bits per heavy atom. The number of nitrogens with zero attached hydrogens (tertiary/aromatic N) is 5. The van der Waals surface area contributed by atoms with Gasteiger partial charge in [-0.15, -0.1) is 10.2 Å². The lowest BCUT2D eigenvalue weighted by molar-refractivity contribution is -0.387. The van der Waals surface area contributed by atoms with Crippen molar-refractivity contribution in [3.63, 3.8) is 0 Å². The van der Waals surface area contributed by atoms with E-state index in [0.717, 1.165) is 24.6 Å². The highest BCUT2D eigenvalue weighted by Crippen LogP contribution is 2.34. The SMILES string of the molecule is CC(N)C1CCN(C(=O)c2ccc(Sc3nncn3C)c([N+](=O)[O-])c2)CC1. The van der Waals surface area contributed by atoms with Crippen molar-refractivity contribution in [1.29, 1.82) is 0 Å². The van der Waals surface area contributed by atoms with E-state index in [0.29, 0.717) is 34.6 Å². The Hall–Kier alpha value is -2.46. The van der Waals surface area contributed by atoms with Gasteiger partial charge in [0.1, 0.15) is 6.33 Å². The largest absolute Gasteiger partial charge is 0.339 e. The Morgan fingerprint density at radius 1 is 1.41 bits per heavy atom. The average Bonchev–Trinajstić information content (AvgIpc) is 3.06. The summed E-state index contributed by atoms with van der Waals surface area (Å²) in [7, 11) is 1.76. The summed E-state index contributed by atoms with van der Waals surface area (Å²) in [6.45, 7) is 3.22. The molecule has 0 bridgehead atoms. The van der Waals surface area contributed by atoms with E-state index in [9.17, 15) is 14.9 Å². The number of benzene rings is 1. The molecule has 0 saturated carbocycles. The van der Waals surface area contributed by atoms with Crippen molar-refractivity contribution in [2.75, 3.05) is 13.1 Å². The van der Waals surface area contributed by atoms with E-state index < -0.39 is 4.92 Å². The lowest BCUT2D eigenvalue weighted by Gasteiger charge is -2.33. The van der Waals surface area contributed by atoms with Gasteiger partial charge in [-0.05, 0) is 49.6 Å². The van der Waals surface area contributed by atoms with Gasteiger partial charge < -0.3 is 15.2 Å². The summed E-state index contributed by atoms with van der Waals surface area (Å²) in [5.41, 5.74) is 6.15. The summed E-state index contributed by atoms with van der Waals surface area (Å²) < 4.78 is 1.68. The zero-order valence-corrected chi connectivity index (χ0v) is 16.1. The molecule has 144 valence electrons. The van der Waals surface area contributed by atoms with Crippen molar-refractivity contribution >= 4 is 23.4 Å². The van der Waals surface area contributed by atoms with Gasteiger partial charge in [0.2, 0.25) is 0 Å². The molecule has 1 aromatic heterocycles. The quantitative estimate of drug-likeness (QED) is 0.613. The van der Waals surface area contributed by atoms with Gasteiger partial charge in [0.05, 0.1) is 9.82 Å². The summed E-state index contributed by atoms with van der Waals surface area (Å²) in [6, 6.07) is 4.68. The molecule has 0 spiro atoms. The first-order valence-electron chi connectivity index (χ1n) is 8.72. The Kier molecular flexibility index (Phi) is 5.76. The maximum Gasteiger partial charge on any atom is 0.284 e. The number of nitro benzene ring substituents is 1. The van der Waals surface area contributed by atoms with Gasteiger partial charge in [0.15, 0.2) is 5.16 Å². The number of aryl methyl sites for hydroxylation is 1. The minimum atomic E-state index is -0.474. The second-order valence-corrected chi connectivity index (χ2v) is 7.76. The van der Waals surface area contributed by atoms with Gasteiger partial charge in [-0.3, -0.25) is 14.9 Å². The second-order valence-electron chi connectivity index (χ2n) is 6.75. The molecule has 10 heteroatoms. The number of carbonyl (C=O) groups is 1. The Morgan fingerprint density at radius 2 is 2.11 bits per heavy atom. The van der Waals surface area contributed by atoms with Gasteiger partial charge in [-0.2, -0.15) is 0 Å². The predicted molar refractivity (Wildman–Crippen MR) is 100 cm³/mol. The molecule has 27 heavy (non-hydrogen) atoms. The van der Waals surface area contributed by atoms with Gasteiger partial charge in [0, 0.05) is 37.8 Å². The molecule has 3 rings (SSSR count). The summed E-state index contributed by atoms with van der Waals surface area (Å²) in [6.07, 6.45) is 3.23. The highest BCUT2D eigenvalue weighted by molar-refractivity contribution is 7.99. The van der Waals surface area contributed by atoms with Crippen LogP contribution in [0.5, 0.6) is 0 Å². The van der Waals surface area contributed by atoms with Crippen LogP contribution in [0.25, 0.3) is 0 Å². The smallest absolute Gasteiger partial charge is 0.284 e. The van der Waals surface area contributed by atoms with Crippen LogP contribution in [-0.4, -0.2) is 49.6 Å². The molecule has 0 aliphatic carbocycles. The Labute approximate surface area is 161 Å². The number of hydrogen-bond acceptors (Lipinski definition) is 7. The number of nitrogens with two attached hydrogens (primary N) is 1. The third kappa shape index (κ3) is 4.28. The van der Waals surface area contributed by atoms with Crippen LogP contribution in [0.3, 0.4) is 0 Å². The van der Waals surface area contributed by atoms with E-state index in [1.165, 1.54) is 12.4 Å². The molecule has 2 aromatic rings. The van der Waals surface area contributed by atoms with Crippen LogP contribution in [0, 0.1) is 16.0 Å². The van der Waals surface area contributed by atoms with Crippen molar-refractivity contribution in [3.05, 3.63) is 40.2 Å². The monoisotopic (exact) mass is 390 g/mol. The van der Waals surface area contributed by atoms with Crippen LogP contribution >= 0.6 is 11.8 Å². The molecule has 1 aromatic carbocycles. The zero-order chi connectivity index (χ0) is 19.6. The summed E-state index contributed by atoms with van der Waals surface area (Å²) in [4.78, 5) is 26.0. The van der Waals surface area contributed by atoms with E-state index in [2.05, 4.69) is 10.2 Å². The third-order valence-corrected chi connectivity index (χ3v) is 5.96. The van der Waals surface area contributed by atoms with Crippen LogP contribution in [0.1, 0.15) is 30.1 Å². The first-order valence-corrected chi connectivity index (χ1v) is 9.53. The minimum absolute atomic E-state index is 0.111. The van der Waals surface area contributed by atoms with E-state index >= 15 is 0 Å². The van der Waals surface area contributed by atoms with Gasteiger partial charge >= 0.3 is 0 Å². The van der Waals surface area contributed by atoms with Crippen molar-refractivity contribution < 1.29 is 9.72 Å². The highest BCUT2D eigenvalue weighted by atomic mass is 32.2. The molecule has 1 aliphatic heterocycles. The maximum absolute atomic E-state index is 12.8. The third-order valence-electron chi connectivity index (χ3n) is 4.84. The van der Waals surface area contributed by atoms with Gasteiger partial charge in [-0.25, -0.2) is 0 Å². The number of rotatable bonds is 5. The van der Waals surface area contributed by atoms with Crippen molar-refractivity contribution in [2.45, 2.75) is 35.9 Å². The second kappa shape index (κ2) is 8.05. The van der Waals surface area contributed by atoms with E-state index in [1.54, 1.807) is 28.6 Å². The first kappa shape index (κ1) is 19.3. The molecule has 1 amide bonds. The molecule has 1 fully saturated rings. The molecule has 1 unspecified atom stereocenters. The molecular weight excluding hydrogens is 368 g/mol. The summed E-state index contributed by atoms with van der Waals surface area (Å²) >= 11 is 1.14. The lowest BCUT2D eigenvalue weighted by atomic mass is 9.90. The van der Waals surface area contributed by atoms with Crippen molar-refractivity contribution in [3.8, 4) is 0 Å². The zero-order valence-electron chi connectivity index (χ0n) is 15.2. The molecule has 1 aliphatic rings.